The summed E-state index contributed by atoms with van der Waals surface area (Å²) in [6.07, 6.45) is 0. The van der Waals surface area contributed by atoms with E-state index in [2.05, 4.69) is 218 Å². The topological polar surface area (TPSA) is 19.6 Å². The van der Waals surface area contributed by atoms with E-state index in [0.29, 0.717) is 0 Å². The van der Waals surface area contributed by atoms with Crippen LogP contribution >= 0.6 is 0 Å². The Kier molecular flexibility index (Phi) is 7.84. The molecule has 276 valence electrons. The number of para-hydroxylation sites is 3. The van der Waals surface area contributed by atoms with Crippen LogP contribution in [-0.2, 0) is 5.41 Å². The number of nitrogens with zero attached hydrogens (tertiary/aromatic N) is 2. The van der Waals surface area contributed by atoms with E-state index < -0.39 is 0 Å². The first-order chi connectivity index (χ1) is 28.5. The normalized spacial score (nSPS) is 12.8. The summed E-state index contributed by atoms with van der Waals surface area (Å²) in [5.41, 5.74) is 16.2. The molecule has 1 heterocycles. The van der Waals surface area contributed by atoms with Gasteiger partial charge >= 0.3 is 0 Å². The standard InChI is InChI=1S/C55H40N2O/c1-55(2)50-23-13-11-20-45(50)48-35-41(29-32-51(48)55)56(38-15-5-3-6-16-38)40-27-25-37(26-28-40)43-31-33-52(46-21-10-9-19-44(43)46)57(39-17-7-4-8-18-39)42-30-34-54-49(36-42)47-22-12-14-24-53(47)58-54/h3-36H,1-2H3. The number of rotatable bonds is 7. The van der Waals surface area contributed by atoms with Crippen LogP contribution in [0, 0.1) is 0 Å². The molecule has 1 aromatic heterocycles. The molecule has 0 radical (unpaired) electrons. The van der Waals surface area contributed by atoms with Crippen molar-refractivity contribution in [3.05, 3.63) is 217 Å². The molecule has 3 nitrogen and oxygen atoms in total. The summed E-state index contributed by atoms with van der Waals surface area (Å²) >= 11 is 0. The van der Waals surface area contributed by atoms with Crippen LogP contribution in [0.3, 0.4) is 0 Å². The molecule has 0 unspecified atom stereocenters. The van der Waals surface area contributed by atoms with E-state index in [0.717, 1.165) is 56.1 Å². The first kappa shape index (κ1) is 33.9. The van der Waals surface area contributed by atoms with E-state index in [4.69, 9.17) is 4.42 Å². The highest BCUT2D eigenvalue weighted by Gasteiger charge is 2.35. The molecular formula is C55H40N2O. The van der Waals surface area contributed by atoms with Crippen molar-refractivity contribution in [3.63, 3.8) is 0 Å². The largest absolute Gasteiger partial charge is 0.456 e. The molecule has 3 heteroatoms. The van der Waals surface area contributed by atoms with Crippen molar-refractivity contribution in [2.24, 2.45) is 0 Å². The average molecular weight is 745 g/mol. The molecule has 0 bridgehead atoms. The number of anilines is 6. The van der Waals surface area contributed by atoms with Gasteiger partial charge in [-0.15, -0.1) is 0 Å². The van der Waals surface area contributed by atoms with Gasteiger partial charge in [0, 0.05) is 50.0 Å². The molecule has 0 fully saturated rings. The Morgan fingerprint density at radius 3 is 1.67 bits per heavy atom. The summed E-state index contributed by atoms with van der Waals surface area (Å²) in [5, 5.41) is 4.60. The molecule has 0 aliphatic heterocycles. The minimum Gasteiger partial charge on any atom is -0.456 e. The van der Waals surface area contributed by atoms with Crippen LogP contribution < -0.4 is 9.80 Å². The van der Waals surface area contributed by atoms with Gasteiger partial charge in [-0.1, -0.05) is 141 Å². The maximum absolute atomic E-state index is 6.22. The van der Waals surface area contributed by atoms with Crippen LogP contribution in [0.15, 0.2) is 211 Å². The van der Waals surface area contributed by atoms with Crippen LogP contribution in [-0.4, -0.2) is 0 Å². The Hall–Kier alpha value is -7.36. The van der Waals surface area contributed by atoms with Gasteiger partial charge in [-0.2, -0.15) is 0 Å². The molecule has 11 rings (SSSR count). The second kappa shape index (κ2) is 13.4. The van der Waals surface area contributed by atoms with Gasteiger partial charge in [-0.05, 0) is 118 Å². The Morgan fingerprint density at radius 2 is 0.897 bits per heavy atom. The first-order valence-corrected chi connectivity index (χ1v) is 20.0. The second-order valence-electron chi connectivity index (χ2n) is 15.7. The molecular weight excluding hydrogens is 705 g/mol. The van der Waals surface area contributed by atoms with Crippen LogP contribution in [0.2, 0.25) is 0 Å². The fourth-order valence-corrected chi connectivity index (χ4v) is 9.25. The zero-order valence-corrected chi connectivity index (χ0v) is 32.4. The third-order valence-corrected chi connectivity index (χ3v) is 12.1. The maximum Gasteiger partial charge on any atom is 0.135 e. The zero-order chi connectivity index (χ0) is 38.8. The highest BCUT2D eigenvalue weighted by atomic mass is 16.3. The predicted octanol–water partition coefficient (Wildman–Crippen LogP) is 15.7. The molecule has 0 amide bonds. The minimum absolute atomic E-state index is 0.0393. The van der Waals surface area contributed by atoms with Crippen LogP contribution in [0.5, 0.6) is 0 Å². The van der Waals surface area contributed by atoms with E-state index in [1.807, 2.05) is 12.1 Å². The van der Waals surface area contributed by atoms with Crippen molar-refractivity contribution in [2.75, 3.05) is 9.80 Å². The lowest BCUT2D eigenvalue weighted by Gasteiger charge is -2.28. The third-order valence-electron chi connectivity index (χ3n) is 12.1. The molecule has 0 saturated carbocycles. The van der Waals surface area contributed by atoms with Crippen LogP contribution in [0.25, 0.3) is 55.0 Å². The monoisotopic (exact) mass is 744 g/mol. The van der Waals surface area contributed by atoms with E-state index in [9.17, 15) is 0 Å². The van der Waals surface area contributed by atoms with Crippen molar-refractivity contribution in [1.29, 1.82) is 0 Å². The lowest BCUT2D eigenvalue weighted by atomic mass is 9.82. The van der Waals surface area contributed by atoms with Crippen molar-refractivity contribution in [3.8, 4) is 22.3 Å². The van der Waals surface area contributed by atoms with Gasteiger partial charge in [0.05, 0.1) is 5.69 Å². The van der Waals surface area contributed by atoms with E-state index in [-0.39, 0.29) is 5.41 Å². The SMILES string of the molecule is CC1(C)c2ccccc2-c2cc(N(c3ccccc3)c3ccc(-c4ccc(N(c5ccccc5)c5ccc6oc7ccccc7c6c5)c5ccccc45)cc3)ccc21. The summed E-state index contributed by atoms with van der Waals surface area (Å²) in [4.78, 5) is 4.74. The summed E-state index contributed by atoms with van der Waals surface area (Å²) in [7, 11) is 0. The molecule has 0 spiro atoms. The van der Waals surface area contributed by atoms with Gasteiger partial charge in [0.25, 0.3) is 0 Å². The zero-order valence-electron chi connectivity index (χ0n) is 32.4. The van der Waals surface area contributed by atoms with Crippen LogP contribution in [0.4, 0.5) is 34.1 Å². The molecule has 0 atom stereocenters. The number of fused-ring (bicyclic) bond motifs is 7. The van der Waals surface area contributed by atoms with Crippen molar-refractivity contribution in [2.45, 2.75) is 19.3 Å². The Labute approximate surface area is 338 Å². The number of furan rings is 1. The van der Waals surface area contributed by atoms with Gasteiger partial charge in [0.1, 0.15) is 11.2 Å². The Balaban J connectivity index is 1.01. The molecule has 10 aromatic rings. The Bertz CT molecular complexity index is 3140. The quantitative estimate of drug-likeness (QED) is 0.162. The number of hydrogen-bond acceptors (Lipinski definition) is 3. The lowest BCUT2D eigenvalue weighted by molar-refractivity contribution is 0.660. The van der Waals surface area contributed by atoms with Gasteiger partial charge in [-0.3, -0.25) is 0 Å². The molecule has 58 heavy (non-hydrogen) atoms. The summed E-state index contributed by atoms with van der Waals surface area (Å²) in [5.74, 6) is 0. The van der Waals surface area contributed by atoms with Crippen molar-refractivity contribution < 1.29 is 4.42 Å². The van der Waals surface area contributed by atoms with E-state index >= 15 is 0 Å². The van der Waals surface area contributed by atoms with Gasteiger partial charge in [0.2, 0.25) is 0 Å². The van der Waals surface area contributed by atoms with Gasteiger partial charge in [-0.25, -0.2) is 0 Å². The molecule has 0 N–H and O–H groups in total. The van der Waals surface area contributed by atoms with Crippen molar-refractivity contribution in [1.82, 2.24) is 0 Å². The Morgan fingerprint density at radius 1 is 0.345 bits per heavy atom. The molecule has 1 aliphatic carbocycles. The fourth-order valence-electron chi connectivity index (χ4n) is 9.25. The molecule has 1 aliphatic rings. The minimum atomic E-state index is -0.0393. The highest BCUT2D eigenvalue weighted by Crippen LogP contribution is 2.51. The third kappa shape index (κ3) is 5.43. The predicted molar refractivity (Wildman–Crippen MR) is 244 cm³/mol. The average Bonchev–Trinajstić information content (AvgIpc) is 3.76. The number of hydrogen-bond donors (Lipinski definition) is 0. The summed E-state index contributed by atoms with van der Waals surface area (Å²) < 4.78 is 6.22. The maximum atomic E-state index is 6.22. The fraction of sp³-hybridized carbons (Fsp3) is 0.0545. The number of benzene rings is 9. The first-order valence-electron chi connectivity index (χ1n) is 20.0. The van der Waals surface area contributed by atoms with E-state index in [1.54, 1.807) is 0 Å². The second-order valence-corrected chi connectivity index (χ2v) is 15.7. The van der Waals surface area contributed by atoms with Crippen molar-refractivity contribution >= 4 is 66.8 Å². The lowest BCUT2D eigenvalue weighted by Crippen LogP contribution is -2.15. The summed E-state index contributed by atoms with van der Waals surface area (Å²) in [6, 6.07) is 74.4. The molecule has 0 saturated heterocycles. The highest BCUT2D eigenvalue weighted by molar-refractivity contribution is 6.09. The summed E-state index contributed by atoms with van der Waals surface area (Å²) in [6.45, 7) is 4.67. The molecule has 9 aromatic carbocycles. The van der Waals surface area contributed by atoms with E-state index in [1.165, 1.54) is 44.2 Å². The van der Waals surface area contributed by atoms with Gasteiger partial charge in [0.15, 0.2) is 0 Å². The smallest absolute Gasteiger partial charge is 0.135 e. The van der Waals surface area contributed by atoms with Gasteiger partial charge < -0.3 is 14.2 Å². The van der Waals surface area contributed by atoms with Crippen LogP contribution in [0.1, 0.15) is 25.0 Å².